The highest BCUT2D eigenvalue weighted by molar-refractivity contribution is 5.72. The van der Waals surface area contributed by atoms with Crippen LogP contribution in [0.2, 0.25) is 0 Å². The largest absolute Gasteiger partial charge is 0.480 e. The van der Waals surface area contributed by atoms with Crippen molar-refractivity contribution in [1.82, 2.24) is 4.90 Å². The Balaban J connectivity index is 3.28. The smallest absolute Gasteiger partial charge is 0.359 e. The number of hydrogen-bond donors (Lipinski definition) is 5. The number of hydrogen-bond acceptors (Lipinski definition) is 8. The first kappa shape index (κ1) is 31.9. The summed E-state index contributed by atoms with van der Waals surface area (Å²) < 4.78 is -0.811. The predicted octanol–water partition coefficient (Wildman–Crippen LogP) is -0.917. The van der Waals surface area contributed by atoms with Crippen molar-refractivity contribution in [3.8, 4) is 0 Å². The number of carboxylic acid groups (broad SMARTS) is 5. The normalized spacial score (nSPS) is 13.0. The van der Waals surface area contributed by atoms with Crippen LogP contribution in [0.15, 0.2) is 24.3 Å². The number of nitro groups is 1. The molecule has 0 spiro atoms. The Bertz CT molecular complexity index is 1010. The third-order valence-electron chi connectivity index (χ3n) is 5.91. The lowest BCUT2D eigenvalue weighted by Gasteiger charge is -2.40. The van der Waals surface area contributed by atoms with E-state index in [2.05, 4.69) is 0 Å². The molecular weight excluding hydrogens is 512 g/mol. The maximum absolute atomic E-state index is 11.7. The van der Waals surface area contributed by atoms with Gasteiger partial charge in [-0.2, -0.15) is 0 Å². The van der Waals surface area contributed by atoms with Gasteiger partial charge in [-0.1, -0.05) is 0 Å². The molecule has 1 aromatic rings. The number of nitrogens with zero attached hydrogens (tertiary/aromatic N) is 4. The molecule has 0 heterocycles. The maximum Gasteiger partial charge on any atom is 0.359 e. The van der Waals surface area contributed by atoms with Crippen molar-refractivity contribution in [2.24, 2.45) is 0 Å². The fourth-order valence-electron chi connectivity index (χ4n) is 4.12. The van der Waals surface area contributed by atoms with Crippen LogP contribution in [0, 0.1) is 10.1 Å². The second-order valence-corrected chi connectivity index (χ2v) is 9.37. The highest BCUT2D eigenvalue weighted by Crippen LogP contribution is 2.20. The molecule has 5 N–H and O–H groups in total. The first-order valence-electron chi connectivity index (χ1n) is 11.3. The van der Waals surface area contributed by atoms with E-state index in [9.17, 15) is 49.4 Å². The summed E-state index contributed by atoms with van der Waals surface area (Å²) in [4.78, 5) is 68.7. The van der Waals surface area contributed by atoms with Crippen molar-refractivity contribution in [3.63, 3.8) is 0 Å². The summed E-state index contributed by atoms with van der Waals surface area (Å²) >= 11 is 0. The van der Waals surface area contributed by atoms with E-state index in [-0.39, 0.29) is 42.9 Å². The van der Waals surface area contributed by atoms with E-state index in [4.69, 9.17) is 10.2 Å². The number of rotatable bonds is 19. The number of carboxylic acids is 5. The predicted molar refractivity (Wildman–Crippen MR) is 127 cm³/mol. The van der Waals surface area contributed by atoms with Gasteiger partial charge in [-0.15, -0.1) is 0 Å². The summed E-state index contributed by atoms with van der Waals surface area (Å²) in [5.41, 5.74) is 0.223. The lowest BCUT2D eigenvalue weighted by atomic mass is 10.1. The van der Waals surface area contributed by atoms with Gasteiger partial charge in [0.05, 0.1) is 31.6 Å². The molecule has 1 unspecified atom stereocenters. The molecular formula is C22H32N4O12+2. The van der Waals surface area contributed by atoms with Crippen LogP contribution < -0.4 is 0 Å². The fourth-order valence-corrected chi connectivity index (χ4v) is 4.12. The van der Waals surface area contributed by atoms with Gasteiger partial charge in [0.25, 0.3) is 5.69 Å². The van der Waals surface area contributed by atoms with Gasteiger partial charge >= 0.3 is 29.8 Å². The summed E-state index contributed by atoms with van der Waals surface area (Å²) in [7, 11) is 1.51. The van der Waals surface area contributed by atoms with Crippen LogP contribution in [0.1, 0.15) is 5.56 Å². The molecule has 16 nitrogen and oxygen atoms in total. The molecule has 1 atom stereocenters. The molecule has 0 aliphatic carbocycles. The Hall–Kier alpha value is -4.15. The minimum Gasteiger partial charge on any atom is -0.480 e. The van der Waals surface area contributed by atoms with Gasteiger partial charge in [-0.05, 0) is 12.1 Å². The lowest BCUT2D eigenvalue weighted by molar-refractivity contribution is -0.970. The van der Waals surface area contributed by atoms with Crippen LogP contribution in [-0.4, -0.2) is 140 Å². The molecule has 16 heteroatoms. The standard InChI is InChI=1S/C22H30N4O12/c1-25(13-20(31)32,7-6-23(10-18(27)28)11-19(29)30)8-9-26(14-21(33)34,15-22(35)36)12-16-2-4-17(5-3-16)24(37)38/h2-5H,6-15H2,1H3,(H3-2,27,28,29,30,31,32,33,34,35,36)/p+2. The molecule has 0 aliphatic rings. The van der Waals surface area contributed by atoms with Crippen LogP contribution in [0.25, 0.3) is 0 Å². The summed E-state index contributed by atoms with van der Waals surface area (Å²) in [5, 5.41) is 57.6. The second kappa shape index (κ2) is 14.0. The molecule has 0 saturated carbocycles. The third kappa shape index (κ3) is 11.7. The van der Waals surface area contributed by atoms with Gasteiger partial charge in [0.2, 0.25) is 0 Å². The van der Waals surface area contributed by atoms with Crippen LogP contribution >= 0.6 is 0 Å². The number of non-ortho nitro benzene ring substituents is 1. The fraction of sp³-hybridized carbons (Fsp3) is 0.500. The SMILES string of the molecule is C[N+](CCN(CC(=O)O)CC(=O)O)(CC[N+](CC(=O)O)(CC(=O)O)Cc1ccc([N+](=O)[O-])cc1)CC(=O)O. The van der Waals surface area contributed by atoms with Crippen molar-refractivity contribution in [2.45, 2.75) is 6.54 Å². The summed E-state index contributed by atoms with van der Waals surface area (Å²) in [6, 6.07) is 5.18. The molecule has 1 aromatic carbocycles. The minimum absolute atomic E-state index is 0.0233. The summed E-state index contributed by atoms with van der Waals surface area (Å²) in [5.74, 6) is -6.40. The Labute approximate surface area is 216 Å². The van der Waals surface area contributed by atoms with E-state index < -0.39 is 72.0 Å². The molecule has 38 heavy (non-hydrogen) atoms. The quantitative estimate of drug-likeness (QED) is 0.0806. The topological polar surface area (TPSA) is 233 Å². The van der Waals surface area contributed by atoms with Gasteiger partial charge < -0.3 is 30.0 Å². The van der Waals surface area contributed by atoms with Crippen molar-refractivity contribution in [3.05, 3.63) is 39.9 Å². The molecule has 0 bridgehead atoms. The second-order valence-electron chi connectivity index (χ2n) is 9.37. The number of quaternary nitrogens is 2. The van der Waals surface area contributed by atoms with E-state index in [1.54, 1.807) is 0 Å². The average Bonchev–Trinajstić information content (AvgIpc) is 2.74. The maximum atomic E-state index is 11.7. The zero-order valence-electron chi connectivity index (χ0n) is 20.8. The lowest BCUT2D eigenvalue weighted by Crippen LogP contribution is -2.61. The van der Waals surface area contributed by atoms with Crippen LogP contribution in [0.4, 0.5) is 5.69 Å². The molecule has 0 saturated heterocycles. The number of benzene rings is 1. The average molecular weight is 545 g/mol. The number of likely N-dealkylation sites (N-methyl/N-ethyl adjacent to an activating group) is 1. The highest BCUT2D eigenvalue weighted by atomic mass is 16.6. The molecule has 0 aliphatic heterocycles. The van der Waals surface area contributed by atoms with E-state index in [1.165, 1.54) is 31.3 Å². The number of nitro benzene ring substituents is 1. The molecule has 0 radical (unpaired) electrons. The summed E-state index contributed by atoms with van der Waals surface area (Å²) in [6.45, 7) is -3.40. The van der Waals surface area contributed by atoms with Crippen molar-refractivity contribution in [1.29, 1.82) is 0 Å². The van der Waals surface area contributed by atoms with Gasteiger partial charge in [-0.25, -0.2) is 14.4 Å². The van der Waals surface area contributed by atoms with Crippen molar-refractivity contribution >= 4 is 35.5 Å². The van der Waals surface area contributed by atoms with Gasteiger partial charge in [0.1, 0.15) is 19.6 Å². The number of aliphatic carboxylic acids is 5. The minimum atomic E-state index is -1.31. The molecule has 0 aromatic heterocycles. The zero-order chi connectivity index (χ0) is 29.1. The van der Waals surface area contributed by atoms with Gasteiger partial charge in [-0.3, -0.25) is 29.1 Å². The first-order chi connectivity index (χ1) is 17.5. The first-order valence-corrected chi connectivity index (χ1v) is 11.3. The number of carbonyl (C=O) groups is 5. The summed E-state index contributed by atoms with van der Waals surface area (Å²) in [6.07, 6.45) is 0. The van der Waals surface area contributed by atoms with Crippen molar-refractivity contribution in [2.75, 3.05) is 66.0 Å². The van der Waals surface area contributed by atoms with E-state index in [0.29, 0.717) is 5.56 Å². The molecule has 0 amide bonds. The monoisotopic (exact) mass is 544 g/mol. The molecule has 0 fully saturated rings. The van der Waals surface area contributed by atoms with E-state index in [1.807, 2.05) is 0 Å². The Morgan fingerprint density at radius 2 is 1.24 bits per heavy atom. The van der Waals surface area contributed by atoms with Crippen molar-refractivity contribution < 1.29 is 63.4 Å². The van der Waals surface area contributed by atoms with Gasteiger partial charge in [0, 0.05) is 24.2 Å². The van der Waals surface area contributed by atoms with E-state index in [0.717, 1.165) is 4.90 Å². The van der Waals surface area contributed by atoms with Crippen LogP contribution in [0.3, 0.4) is 0 Å². The Kier molecular flexibility index (Phi) is 11.7. The Morgan fingerprint density at radius 3 is 1.63 bits per heavy atom. The van der Waals surface area contributed by atoms with Gasteiger partial charge in [0.15, 0.2) is 19.6 Å². The Morgan fingerprint density at radius 1 is 0.763 bits per heavy atom. The zero-order valence-corrected chi connectivity index (χ0v) is 20.8. The molecule has 210 valence electrons. The van der Waals surface area contributed by atoms with Crippen LogP contribution in [0.5, 0.6) is 0 Å². The highest BCUT2D eigenvalue weighted by Gasteiger charge is 2.38. The van der Waals surface area contributed by atoms with E-state index >= 15 is 0 Å². The third-order valence-corrected chi connectivity index (χ3v) is 5.91. The molecule has 1 rings (SSSR count). The van der Waals surface area contributed by atoms with Crippen LogP contribution in [-0.2, 0) is 30.5 Å².